The van der Waals surface area contributed by atoms with Crippen molar-refractivity contribution < 1.29 is 0 Å². The average Bonchev–Trinajstić information content (AvgIpc) is 3.13. The summed E-state index contributed by atoms with van der Waals surface area (Å²) in [6.07, 6.45) is 4.34. The summed E-state index contributed by atoms with van der Waals surface area (Å²) in [5, 5.41) is 0. The molecule has 0 aliphatic heterocycles. The van der Waals surface area contributed by atoms with E-state index in [0.29, 0.717) is 0 Å². The molecule has 45 heavy (non-hydrogen) atoms. The van der Waals surface area contributed by atoms with Gasteiger partial charge in [0.05, 0.1) is 0 Å². The monoisotopic (exact) mass is 575 g/mol. The molecule has 0 heterocycles. The second-order valence-electron chi connectivity index (χ2n) is 11.1. The lowest BCUT2D eigenvalue weighted by atomic mass is 10.00. The van der Waals surface area contributed by atoms with E-state index in [1.165, 1.54) is 38.9 Å². The first-order valence-corrected chi connectivity index (χ1v) is 15.3. The fraction of sp³-hybridized carbons (Fsp3) is 0. The molecule has 0 saturated carbocycles. The Morgan fingerprint density at radius 2 is 0.622 bits per heavy atom. The summed E-state index contributed by atoms with van der Waals surface area (Å²) >= 11 is 0. The fourth-order valence-electron chi connectivity index (χ4n) is 5.69. The Labute approximate surface area is 266 Å². The SMILES string of the molecule is C(=Cc1cccc(N(c2ccc(-c3ccccc3)cc2)c2ccc(-c3ccc(-c4ccccc4)cc3)cc2)c1)c1ccccc1. The van der Waals surface area contributed by atoms with E-state index >= 15 is 0 Å². The number of nitrogens with zero attached hydrogens (tertiary/aromatic N) is 1. The van der Waals surface area contributed by atoms with Crippen LogP contribution in [0.2, 0.25) is 0 Å². The molecule has 0 unspecified atom stereocenters. The Hall–Kier alpha value is -5.92. The van der Waals surface area contributed by atoms with Gasteiger partial charge in [-0.3, -0.25) is 0 Å². The molecule has 214 valence electrons. The molecule has 0 N–H and O–H groups in total. The van der Waals surface area contributed by atoms with E-state index in [9.17, 15) is 0 Å². The molecule has 0 amide bonds. The number of benzene rings is 7. The highest BCUT2D eigenvalue weighted by atomic mass is 15.1. The number of hydrogen-bond acceptors (Lipinski definition) is 1. The Balaban J connectivity index is 1.22. The molecule has 0 bridgehead atoms. The lowest BCUT2D eigenvalue weighted by Crippen LogP contribution is -2.10. The van der Waals surface area contributed by atoms with Crippen LogP contribution in [0.5, 0.6) is 0 Å². The maximum absolute atomic E-state index is 2.33. The number of rotatable bonds is 8. The molecule has 0 atom stereocenters. The van der Waals surface area contributed by atoms with Crippen molar-refractivity contribution in [2.75, 3.05) is 4.90 Å². The van der Waals surface area contributed by atoms with Gasteiger partial charge < -0.3 is 4.90 Å². The summed E-state index contributed by atoms with van der Waals surface area (Å²) in [4.78, 5) is 2.33. The lowest BCUT2D eigenvalue weighted by molar-refractivity contribution is 1.28. The maximum atomic E-state index is 2.33. The molecule has 0 spiro atoms. The molecule has 0 fully saturated rings. The minimum Gasteiger partial charge on any atom is -0.310 e. The van der Waals surface area contributed by atoms with Crippen LogP contribution in [-0.4, -0.2) is 0 Å². The summed E-state index contributed by atoms with van der Waals surface area (Å²) in [5.74, 6) is 0. The summed E-state index contributed by atoms with van der Waals surface area (Å²) in [5.41, 5.74) is 12.9. The van der Waals surface area contributed by atoms with Crippen molar-refractivity contribution in [1.82, 2.24) is 0 Å². The third-order valence-electron chi connectivity index (χ3n) is 8.08. The molecule has 1 heteroatoms. The number of anilines is 3. The average molecular weight is 576 g/mol. The summed E-state index contributed by atoms with van der Waals surface area (Å²) < 4.78 is 0. The minimum atomic E-state index is 1.11. The first-order valence-electron chi connectivity index (χ1n) is 15.3. The van der Waals surface area contributed by atoms with Gasteiger partial charge in [-0.25, -0.2) is 0 Å². The van der Waals surface area contributed by atoms with E-state index in [2.05, 4.69) is 199 Å². The summed E-state index contributed by atoms with van der Waals surface area (Å²) in [6.45, 7) is 0. The molecule has 0 aliphatic carbocycles. The highest BCUT2D eigenvalue weighted by Crippen LogP contribution is 2.37. The van der Waals surface area contributed by atoms with Crippen LogP contribution in [0.25, 0.3) is 45.5 Å². The van der Waals surface area contributed by atoms with Crippen molar-refractivity contribution in [1.29, 1.82) is 0 Å². The van der Waals surface area contributed by atoms with Crippen molar-refractivity contribution in [3.8, 4) is 33.4 Å². The third kappa shape index (κ3) is 6.54. The fourth-order valence-corrected chi connectivity index (χ4v) is 5.69. The highest BCUT2D eigenvalue weighted by molar-refractivity contribution is 5.82. The number of hydrogen-bond donors (Lipinski definition) is 0. The zero-order valence-electron chi connectivity index (χ0n) is 25.0. The first kappa shape index (κ1) is 27.9. The van der Waals surface area contributed by atoms with E-state index < -0.39 is 0 Å². The van der Waals surface area contributed by atoms with Gasteiger partial charge in [-0.15, -0.1) is 0 Å². The van der Waals surface area contributed by atoms with Gasteiger partial charge in [0.15, 0.2) is 0 Å². The van der Waals surface area contributed by atoms with Crippen LogP contribution < -0.4 is 4.90 Å². The van der Waals surface area contributed by atoms with Gasteiger partial charge in [0.25, 0.3) is 0 Å². The van der Waals surface area contributed by atoms with Crippen LogP contribution >= 0.6 is 0 Å². The molecule has 0 aromatic heterocycles. The molecule has 7 aromatic rings. The molecule has 7 rings (SSSR count). The van der Waals surface area contributed by atoms with E-state index in [1.54, 1.807) is 0 Å². The van der Waals surface area contributed by atoms with Crippen molar-refractivity contribution in [2.24, 2.45) is 0 Å². The molecule has 1 nitrogen and oxygen atoms in total. The second-order valence-corrected chi connectivity index (χ2v) is 11.1. The van der Waals surface area contributed by atoms with Gasteiger partial charge in [-0.1, -0.05) is 164 Å². The Bertz CT molecular complexity index is 1990. The molecular weight excluding hydrogens is 542 g/mol. The van der Waals surface area contributed by atoms with Crippen molar-refractivity contribution >= 4 is 29.2 Å². The molecule has 0 radical (unpaired) electrons. The van der Waals surface area contributed by atoms with E-state index in [1.807, 2.05) is 6.07 Å². The van der Waals surface area contributed by atoms with Crippen LogP contribution in [0.15, 0.2) is 188 Å². The predicted octanol–water partition coefficient (Wildman–Crippen LogP) is 12.3. The molecular formula is C44H33N. The third-order valence-corrected chi connectivity index (χ3v) is 8.08. The van der Waals surface area contributed by atoms with Crippen LogP contribution in [0, 0.1) is 0 Å². The van der Waals surface area contributed by atoms with Gasteiger partial charge >= 0.3 is 0 Å². The summed E-state index contributed by atoms with van der Waals surface area (Å²) in [6, 6.07) is 66.7. The van der Waals surface area contributed by atoms with Crippen molar-refractivity contribution in [2.45, 2.75) is 0 Å². The summed E-state index contributed by atoms with van der Waals surface area (Å²) in [7, 11) is 0. The predicted molar refractivity (Wildman–Crippen MR) is 193 cm³/mol. The van der Waals surface area contributed by atoms with Crippen LogP contribution in [0.4, 0.5) is 17.1 Å². The molecule has 0 saturated heterocycles. The normalized spacial score (nSPS) is 11.0. The molecule has 7 aromatic carbocycles. The quantitative estimate of drug-likeness (QED) is 0.163. The van der Waals surface area contributed by atoms with Crippen LogP contribution in [0.3, 0.4) is 0 Å². The first-order chi connectivity index (χ1) is 22.3. The molecule has 0 aliphatic rings. The van der Waals surface area contributed by atoms with Crippen molar-refractivity contribution in [3.05, 3.63) is 199 Å². The van der Waals surface area contributed by atoms with Gasteiger partial charge in [0.1, 0.15) is 0 Å². The van der Waals surface area contributed by atoms with E-state index in [0.717, 1.165) is 22.6 Å². The van der Waals surface area contributed by atoms with Gasteiger partial charge in [-0.05, 0) is 80.9 Å². The Kier molecular flexibility index (Phi) is 8.15. The largest absolute Gasteiger partial charge is 0.310 e. The van der Waals surface area contributed by atoms with Gasteiger partial charge in [-0.2, -0.15) is 0 Å². The van der Waals surface area contributed by atoms with Crippen LogP contribution in [0.1, 0.15) is 11.1 Å². The van der Waals surface area contributed by atoms with Crippen LogP contribution in [-0.2, 0) is 0 Å². The zero-order chi connectivity index (χ0) is 30.3. The topological polar surface area (TPSA) is 3.24 Å². The van der Waals surface area contributed by atoms with Gasteiger partial charge in [0, 0.05) is 17.1 Å². The lowest BCUT2D eigenvalue weighted by Gasteiger charge is -2.26. The smallest absolute Gasteiger partial charge is 0.0467 e. The van der Waals surface area contributed by atoms with E-state index in [4.69, 9.17) is 0 Å². The Morgan fingerprint density at radius 1 is 0.267 bits per heavy atom. The van der Waals surface area contributed by atoms with Gasteiger partial charge in [0.2, 0.25) is 0 Å². The zero-order valence-corrected chi connectivity index (χ0v) is 25.0. The van der Waals surface area contributed by atoms with Crippen molar-refractivity contribution in [3.63, 3.8) is 0 Å². The Morgan fingerprint density at radius 3 is 1.09 bits per heavy atom. The highest BCUT2D eigenvalue weighted by Gasteiger charge is 2.14. The minimum absolute atomic E-state index is 1.11. The maximum Gasteiger partial charge on any atom is 0.0467 e. The van der Waals surface area contributed by atoms with E-state index in [-0.39, 0.29) is 0 Å². The second kappa shape index (κ2) is 13.2. The standard InChI is InChI=1S/C44H33N/c1-4-11-34(12-5-1)19-20-35-13-10-18-44(33-35)45(42-29-25-40(26-30-42)37-16-8-3-9-17-37)43-31-27-41(28-32-43)39-23-21-38(22-24-39)36-14-6-2-7-15-36/h1-33H.